The van der Waals surface area contributed by atoms with E-state index in [9.17, 15) is 0 Å². The van der Waals surface area contributed by atoms with Crippen molar-refractivity contribution in [3.8, 4) is 0 Å². The highest BCUT2D eigenvalue weighted by Crippen LogP contribution is 2.31. The molecular weight excluding hydrogens is 264 g/mol. The van der Waals surface area contributed by atoms with Gasteiger partial charge in [-0.3, -0.25) is 0 Å². The summed E-state index contributed by atoms with van der Waals surface area (Å²) < 4.78 is 5.88. The molecule has 0 radical (unpaired) electrons. The quantitative estimate of drug-likeness (QED) is 0.755. The van der Waals surface area contributed by atoms with Gasteiger partial charge in [0.1, 0.15) is 0 Å². The summed E-state index contributed by atoms with van der Waals surface area (Å²) in [4.78, 5) is 0. The highest BCUT2D eigenvalue weighted by atomic mass is 79.9. The zero-order chi connectivity index (χ0) is 11.4. The van der Waals surface area contributed by atoms with E-state index in [2.05, 4.69) is 47.1 Å². The van der Waals surface area contributed by atoms with Crippen LogP contribution in [0.25, 0.3) is 0 Å². The van der Waals surface area contributed by atoms with Gasteiger partial charge in [0.15, 0.2) is 0 Å². The van der Waals surface area contributed by atoms with Gasteiger partial charge in [-0.1, -0.05) is 47.1 Å². The average Bonchev–Trinajstić information content (AvgIpc) is 2.35. The van der Waals surface area contributed by atoms with E-state index in [1.165, 1.54) is 17.5 Å². The molecule has 1 aromatic rings. The minimum absolute atomic E-state index is 0.325. The third-order valence-electron chi connectivity index (χ3n) is 3.28. The molecule has 1 aromatic carbocycles. The molecule has 1 aliphatic rings. The van der Waals surface area contributed by atoms with E-state index in [1.54, 1.807) is 0 Å². The normalized spacial score (nSPS) is 21.5. The van der Waals surface area contributed by atoms with Crippen LogP contribution >= 0.6 is 15.9 Å². The van der Waals surface area contributed by atoms with Crippen molar-refractivity contribution in [1.29, 1.82) is 0 Å². The Morgan fingerprint density at radius 3 is 3.06 bits per heavy atom. The Labute approximate surface area is 106 Å². The van der Waals surface area contributed by atoms with Gasteiger partial charge in [0.25, 0.3) is 0 Å². The number of alkyl halides is 1. The van der Waals surface area contributed by atoms with E-state index in [4.69, 9.17) is 4.74 Å². The maximum absolute atomic E-state index is 5.88. The molecule has 1 heterocycles. The number of hydrogen-bond acceptors (Lipinski definition) is 1. The molecule has 16 heavy (non-hydrogen) atoms. The first-order valence-electron chi connectivity index (χ1n) is 6.06. The van der Waals surface area contributed by atoms with Crippen molar-refractivity contribution in [2.45, 2.75) is 32.3 Å². The summed E-state index contributed by atoms with van der Waals surface area (Å²) in [6.45, 7) is 3.16. The van der Waals surface area contributed by atoms with Crippen LogP contribution in [0.4, 0.5) is 0 Å². The smallest absolute Gasteiger partial charge is 0.0827 e. The van der Waals surface area contributed by atoms with E-state index < -0.39 is 0 Å². The second-order valence-electron chi connectivity index (χ2n) is 4.65. The first-order chi connectivity index (χ1) is 7.81. The molecule has 2 atom stereocenters. The Morgan fingerprint density at radius 1 is 1.44 bits per heavy atom. The minimum Gasteiger partial charge on any atom is -0.373 e. The van der Waals surface area contributed by atoms with Crippen LogP contribution in [0.2, 0.25) is 0 Å². The Balaban J connectivity index is 2.01. The van der Waals surface area contributed by atoms with Gasteiger partial charge in [0.05, 0.1) is 12.7 Å². The van der Waals surface area contributed by atoms with Crippen molar-refractivity contribution in [1.82, 2.24) is 0 Å². The predicted molar refractivity (Wildman–Crippen MR) is 71.0 cm³/mol. The summed E-state index contributed by atoms with van der Waals surface area (Å²) in [5.74, 6) is 0.734. The number of fused-ring (bicyclic) bond motifs is 1. The SMILES string of the molecule is CC(CBr)CCC1OCCc2ccccc21. The number of hydrogen-bond donors (Lipinski definition) is 0. The second-order valence-corrected chi connectivity index (χ2v) is 5.29. The van der Waals surface area contributed by atoms with Crippen LogP contribution in [0.1, 0.15) is 37.0 Å². The van der Waals surface area contributed by atoms with E-state index >= 15 is 0 Å². The molecule has 0 saturated heterocycles. The van der Waals surface area contributed by atoms with Gasteiger partial charge in [-0.25, -0.2) is 0 Å². The van der Waals surface area contributed by atoms with Gasteiger partial charge >= 0.3 is 0 Å². The highest BCUT2D eigenvalue weighted by Gasteiger charge is 2.20. The van der Waals surface area contributed by atoms with Crippen molar-refractivity contribution < 1.29 is 4.74 Å². The third-order valence-corrected chi connectivity index (χ3v) is 4.38. The molecule has 0 spiro atoms. The molecule has 0 N–H and O–H groups in total. The van der Waals surface area contributed by atoms with Gasteiger partial charge in [0, 0.05) is 5.33 Å². The Kier molecular flexibility index (Phi) is 4.42. The van der Waals surface area contributed by atoms with Gasteiger partial charge < -0.3 is 4.74 Å². The predicted octanol–water partition coefficient (Wildman–Crippen LogP) is 4.11. The van der Waals surface area contributed by atoms with Crippen LogP contribution in [-0.2, 0) is 11.2 Å². The zero-order valence-electron chi connectivity index (χ0n) is 9.79. The number of benzene rings is 1. The monoisotopic (exact) mass is 282 g/mol. The summed E-state index contributed by atoms with van der Waals surface area (Å²) >= 11 is 3.53. The highest BCUT2D eigenvalue weighted by molar-refractivity contribution is 9.09. The number of ether oxygens (including phenoxy) is 1. The standard InChI is InChI=1S/C14H19BrO/c1-11(10-15)6-7-14-13-5-3-2-4-12(13)8-9-16-14/h2-5,11,14H,6-10H2,1H3. The molecule has 2 unspecified atom stereocenters. The van der Waals surface area contributed by atoms with Crippen molar-refractivity contribution >= 4 is 15.9 Å². The van der Waals surface area contributed by atoms with E-state index in [1.807, 2.05) is 0 Å². The van der Waals surface area contributed by atoms with Gasteiger partial charge in [-0.2, -0.15) is 0 Å². The van der Waals surface area contributed by atoms with E-state index in [-0.39, 0.29) is 0 Å². The van der Waals surface area contributed by atoms with Crippen LogP contribution in [0.15, 0.2) is 24.3 Å². The minimum atomic E-state index is 0.325. The maximum atomic E-state index is 5.88. The molecule has 1 aliphatic heterocycles. The third kappa shape index (κ3) is 2.86. The molecule has 0 saturated carbocycles. The summed E-state index contributed by atoms with van der Waals surface area (Å²) in [5, 5.41) is 1.08. The van der Waals surface area contributed by atoms with Crippen LogP contribution in [0.3, 0.4) is 0 Å². The zero-order valence-corrected chi connectivity index (χ0v) is 11.4. The van der Waals surface area contributed by atoms with Crippen LogP contribution in [-0.4, -0.2) is 11.9 Å². The largest absolute Gasteiger partial charge is 0.373 e. The fraction of sp³-hybridized carbons (Fsp3) is 0.571. The summed E-state index contributed by atoms with van der Waals surface area (Å²) in [6, 6.07) is 8.70. The van der Waals surface area contributed by atoms with Crippen molar-refractivity contribution in [2.75, 3.05) is 11.9 Å². The summed E-state index contributed by atoms with van der Waals surface area (Å²) in [7, 11) is 0. The van der Waals surface area contributed by atoms with Crippen molar-refractivity contribution in [2.24, 2.45) is 5.92 Å². The van der Waals surface area contributed by atoms with E-state index in [0.717, 1.165) is 30.7 Å². The molecular formula is C14H19BrO. The fourth-order valence-electron chi connectivity index (χ4n) is 2.23. The maximum Gasteiger partial charge on any atom is 0.0827 e. The Morgan fingerprint density at radius 2 is 2.25 bits per heavy atom. The Hall–Kier alpha value is -0.340. The second kappa shape index (κ2) is 5.83. The molecule has 0 bridgehead atoms. The van der Waals surface area contributed by atoms with E-state index in [0.29, 0.717) is 6.10 Å². The summed E-state index contributed by atoms with van der Waals surface area (Å²) in [5.41, 5.74) is 2.89. The van der Waals surface area contributed by atoms with Crippen LogP contribution in [0, 0.1) is 5.92 Å². The molecule has 0 aliphatic carbocycles. The molecule has 0 aromatic heterocycles. The van der Waals surface area contributed by atoms with Crippen molar-refractivity contribution in [3.05, 3.63) is 35.4 Å². The lowest BCUT2D eigenvalue weighted by Gasteiger charge is -2.26. The lowest BCUT2D eigenvalue weighted by molar-refractivity contribution is 0.0332. The van der Waals surface area contributed by atoms with Gasteiger partial charge in [0.2, 0.25) is 0 Å². The topological polar surface area (TPSA) is 9.23 Å². The lowest BCUT2D eigenvalue weighted by Crippen LogP contribution is -2.17. The van der Waals surface area contributed by atoms with Crippen LogP contribution < -0.4 is 0 Å². The van der Waals surface area contributed by atoms with Crippen LogP contribution in [0.5, 0.6) is 0 Å². The number of rotatable bonds is 4. The Bertz CT molecular complexity index is 337. The first kappa shape index (κ1) is 12.1. The van der Waals surface area contributed by atoms with Gasteiger partial charge in [-0.15, -0.1) is 0 Å². The molecule has 88 valence electrons. The molecule has 0 amide bonds. The number of halogens is 1. The molecule has 2 rings (SSSR count). The summed E-state index contributed by atoms with van der Waals surface area (Å²) in [6.07, 6.45) is 3.76. The fourth-order valence-corrected chi connectivity index (χ4v) is 2.55. The average molecular weight is 283 g/mol. The van der Waals surface area contributed by atoms with Crippen molar-refractivity contribution in [3.63, 3.8) is 0 Å². The van der Waals surface area contributed by atoms with Gasteiger partial charge in [-0.05, 0) is 36.3 Å². The first-order valence-corrected chi connectivity index (χ1v) is 7.18. The molecule has 1 nitrogen and oxygen atoms in total. The molecule has 2 heteroatoms. The lowest BCUT2D eigenvalue weighted by atomic mass is 9.93. The molecule has 0 fully saturated rings.